The molecule has 2 aromatic rings. The predicted octanol–water partition coefficient (Wildman–Crippen LogP) is 3.96. The van der Waals surface area contributed by atoms with Gasteiger partial charge >= 0.3 is 0 Å². The molecule has 0 unspecified atom stereocenters. The van der Waals surface area contributed by atoms with E-state index in [1.54, 1.807) is 18.5 Å². The number of hydrogen-bond acceptors (Lipinski definition) is 4. The maximum atomic E-state index is 13.0. The first kappa shape index (κ1) is 21.1. The largest absolute Gasteiger partial charge is 0.371 e. The summed E-state index contributed by atoms with van der Waals surface area (Å²) in [5.41, 5.74) is 3.04. The zero-order valence-corrected chi connectivity index (χ0v) is 17.3. The van der Waals surface area contributed by atoms with Crippen LogP contribution in [0.15, 0.2) is 42.7 Å². The molecule has 2 amide bonds. The molecule has 154 valence electrons. The second kappa shape index (κ2) is 10.8. The van der Waals surface area contributed by atoms with Crippen molar-refractivity contribution in [3.05, 3.63) is 53.9 Å². The van der Waals surface area contributed by atoms with Crippen molar-refractivity contribution in [2.45, 2.75) is 38.6 Å². The number of amides is 2. The number of carbonyl (C=O) groups excluding carboxylic acids is 2. The average Bonchev–Trinajstić information content (AvgIpc) is 2.77. The lowest BCUT2D eigenvalue weighted by Crippen LogP contribution is -2.32. The number of anilines is 2. The lowest BCUT2D eigenvalue weighted by molar-refractivity contribution is -0.116. The van der Waals surface area contributed by atoms with Gasteiger partial charge in [0.15, 0.2) is 0 Å². The smallest absolute Gasteiger partial charge is 0.253 e. The van der Waals surface area contributed by atoms with Crippen molar-refractivity contribution in [1.29, 1.82) is 0 Å². The molecule has 0 radical (unpaired) electrons. The van der Waals surface area contributed by atoms with Crippen molar-refractivity contribution in [2.24, 2.45) is 0 Å². The van der Waals surface area contributed by atoms with E-state index in [9.17, 15) is 9.59 Å². The Bertz CT molecular complexity index is 823. The molecule has 7 heteroatoms. The predicted molar refractivity (Wildman–Crippen MR) is 116 cm³/mol. The fourth-order valence-electron chi connectivity index (χ4n) is 3.44. The van der Waals surface area contributed by atoms with E-state index in [-0.39, 0.29) is 11.8 Å². The minimum atomic E-state index is -0.161. The maximum absolute atomic E-state index is 13.0. The number of pyridine rings is 1. The van der Waals surface area contributed by atoms with Gasteiger partial charge in [0, 0.05) is 55.7 Å². The molecule has 2 heterocycles. The lowest BCUT2D eigenvalue weighted by Gasteiger charge is -2.30. The number of nitrogens with zero attached hydrogens (tertiary/aromatic N) is 2. The van der Waals surface area contributed by atoms with Crippen LogP contribution in [0.5, 0.6) is 0 Å². The summed E-state index contributed by atoms with van der Waals surface area (Å²) in [6.45, 7) is 2.27. The third-order valence-electron chi connectivity index (χ3n) is 4.94. The van der Waals surface area contributed by atoms with E-state index in [4.69, 9.17) is 11.6 Å². The zero-order valence-electron chi connectivity index (χ0n) is 16.5. The summed E-state index contributed by atoms with van der Waals surface area (Å²) in [6, 6.07) is 9.33. The summed E-state index contributed by atoms with van der Waals surface area (Å²) in [4.78, 5) is 31.4. The van der Waals surface area contributed by atoms with Gasteiger partial charge in [-0.1, -0.05) is 6.07 Å². The van der Waals surface area contributed by atoms with Gasteiger partial charge in [-0.25, -0.2) is 0 Å². The zero-order chi connectivity index (χ0) is 20.5. The number of hydrogen-bond donors (Lipinski definition) is 2. The van der Waals surface area contributed by atoms with Gasteiger partial charge in [-0.3, -0.25) is 14.6 Å². The van der Waals surface area contributed by atoms with Crippen molar-refractivity contribution in [2.75, 3.05) is 29.2 Å². The number of alkyl halides is 1. The van der Waals surface area contributed by atoms with Crippen LogP contribution in [-0.4, -0.2) is 35.8 Å². The molecule has 0 aliphatic carbocycles. The topological polar surface area (TPSA) is 74.3 Å². The fraction of sp³-hybridized carbons (Fsp3) is 0.409. The third kappa shape index (κ3) is 6.19. The van der Waals surface area contributed by atoms with Gasteiger partial charge in [-0.15, -0.1) is 11.6 Å². The summed E-state index contributed by atoms with van der Waals surface area (Å²) in [7, 11) is 0. The molecule has 0 saturated carbocycles. The molecular weight excluding hydrogens is 388 g/mol. The Morgan fingerprint density at radius 3 is 2.69 bits per heavy atom. The Morgan fingerprint density at radius 2 is 1.97 bits per heavy atom. The highest BCUT2D eigenvalue weighted by atomic mass is 35.5. The first-order valence-electron chi connectivity index (χ1n) is 10.1. The molecule has 1 aromatic carbocycles. The number of nitrogens with one attached hydrogen (secondary N) is 2. The van der Waals surface area contributed by atoms with Crippen molar-refractivity contribution < 1.29 is 9.59 Å². The Balaban J connectivity index is 1.78. The second-order valence-electron chi connectivity index (χ2n) is 7.16. The number of piperidine rings is 1. The normalized spacial score (nSPS) is 13.8. The summed E-state index contributed by atoms with van der Waals surface area (Å²) in [5, 5.41) is 5.84. The van der Waals surface area contributed by atoms with E-state index in [0.717, 1.165) is 37.2 Å². The van der Waals surface area contributed by atoms with Crippen LogP contribution in [0, 0.1) is 0 Å². The number of halogens is 1. The molecule has 1 aliphatic heterocycles. The summed E-state index contributed by atoms with van der Waals surface area (Å²) >= 11 is 5.66. The SMILES string of the molecule is O=C(CCCCl)Nc1ccc(N2CCCCC2)c(C(=O)NCc2cccnc2)c1. The number of rotatable bonds is 8. The molecule has 1 aliphatic rings. The van der Waals surface area contributed by atoms with Crippen LogP contribution in [0.2, 0.25) is 0 Å². The standard InChI is InChI=1S/C22H27ClN4O2/c23-10-4-7-21(28)26-18-8-9-20(27-12-2-1-3-13-27)19(14-18)22(29)25-16-17-6-5-11-24-15-17/h5-6,8-9,11,14-15H,1-4,7,10,12-13,16H2,(H,25,29)(H,26,28). The van der Waals surface area contributed by atoms with Gasteiger partial charge in [0.2, 0.25) is 5.91 Å². The first-order chi connectivity index (χ1) is 14.2. The van der Waals surface area contributed by atoms with Crippen LogP contribution in [0.3, 0.4) is 0 Å². The molecule has 2 N–H and O–H groups in total. The lowest BCUT2D eigenvalue weighted by atomic mass is 10.1. The molecular formula is C22H27ClN4O2. The second-order valence-corrected chi connectivity index (χ2v) is 7.54. The molecule has 6 nitrogen and oxygen atoms in total. The van der Waals surface area contributed by atoms with Gasteiger partial charge in [0.05, 0.1) is 5.56 Å². The van der Waals surface area contributed by atoms with Crippen LogP contribution in [-0.2, 0) is 11.3 Å². The highest BCUT2D eigenvalue weighted by Gasteiger charge is 2.19. The highest BCUT2D eigenvalue weighted by molar-refractivity contribution is 6.18. The molecule has 1 saturated heterocycles. The molecule has 1 aromatic heterocycles. The summed E-state index contributed by atoms with van der Waals surface area (Å²) < 4.78 is 0. The van der Waals surface area contributed by atoms with E-state index in [1.165, 1.54) is 6.42 Å². The summed E-state index contributed by atoms with van der Waals surface area (Å²) in [6.07, 6.45) is 7.88. The number of benzene rings is 1. The van der Waals surface area contributed by atoms with Crippen LogP contribution in [0.4, 0.5) is 11.4 Å². The number of aromatic nitrogens is 1. The molecule has 1 fully saturated rings. The minimum absolute atomic E-state index is 0.0990. The van der Waals surface area contributed by atoms with Crippen molar-refractivity contribution >= 4 is 34.8 Å². The van der Waals surface area contributed by atoms with E-state index >= 15 is 0 Å². The van der Waals surface area contributed by atoms with Crippen LogP contribution < -0.4 is 15.5 Å². The third-order valence-corrected chi connectivity index (χ3v) is 5.20. The fourth-order valence-corrected chi connectivity index (χ4v) is 3.57. The highest BCUT2D eigenvalue weighted by Crippen LogP contribution is 2.27. The molecule has 29 heavy (non-hydrogen) atoms. The quantitative estimate of drug-likeness (QED) is 0.641. The van der Waals surface area contributed by atoms with E-state index in [1.807, 2.05) is 24.3 Å². The van der Waals surface area contributed by atoms with Crippen molar-refractivity contribution in [1.82, 2.24) is 10.3 Å². The number of carbonyl (C=O) groups is 2. The minimum Gasteiger partial charge on any atom is -0.371 e. The molecule has 0 bridgehead atoms. The van der Waals surface area contributed by atoms with Crippen LogP contribution in [0.25, 0.3) is 0 Å². The van der Waals surface area contributed by atoms with Crippen LogP contribution >= 0.6 is 11.6 Å². The summed E-state index contributed by atoms with van der Waals surface area (Å²) in [5.74, 6) is 0.188. The van der Waals surface area contributed by atoms with Gasteiger partial charge in [-0.05, 0) is 55.5 Å². The Morgan fingerprint density at radius 1 is 1.14 bits per heavy atom. The van der Waals surface area contributed by atoms with Gasteiger partial charge in [0.1, 0.15) is 0 Å². The van der Waals surface area contributed by atoms with E-state index in [2.05, 4.69) is 20.5 Å². The van der Waals surface area contributed by atoms with Crippen molar-refractivity contribution in [3.8, 4) is 0 Å². The molecule has 0 atom stereocenters. The van der Waals surface area contributed by atoms with Crippen molar-refractivity contribution in [3.63, 3.8) is 0 Å². The van der Waals surface area contributed by atoms with Crippen LogP contribution in [0.1, 0.15) is 48.0 Å². The van der Waals surface area contributed by atoms with E-state index in [0.29, 0.717) is 36.5 Å². The van der Waals surface area contributed by atoms with Gasteiger partial charge in [-0.2, -0.15) is 0 Å². The monoisotopic (exact) mass is 414 g/mol. The van der Waals surface area contributed by atoms with Gasteiger partial charge in [0.25, 0.3) is 5.91 Å². The first-order valence-corrected chi connectivity index (χ1v) is 10.6. The Kier molecular flexibility index (Phi) is 7.87. The van der Waals surface area contributed by atoms with E-state index < -0.39 is 0 Å². The van der Waals surface area contributed by atoms with Gasteiger partial charge < -0.3 is 15.5 Å². The average molecular weight is 415 g/mol. The Hall–Kier alpha value is -2.60. The molecule has 3 rings (SSSR count). The Labute approximate surface area is 176 Å². The molecule has 0 spiro atoms. The maximum Gasteiger partial charge on any atom is 0.253 e.